The molecule has 10 heteroatoms. The van der Waals surface area contributed by atoms with Crippen molar-refractivity contribution in [3.8, 4) is 22.9 Å². The van der Waals surface area contributed by atoms with Crippen LogP contribution in [0.2, 0.25) is 0 Å². The lowest BCUT2D eigenvalue weighted by Gasteiger charge is -2.11. The summed E-state index contributed by atoms with van der Waals surface area (Å²) < 4.78 is 37.7. The molecule has 0 bridgehead atoms. The van der Waals surface area contributed by atoms with Gasteiger partial charge in [-0.2, -0.15) is 18.4 Å². The number of hydrogen-bond donors (Lipinski definition) is 0. The highest BCUT2D eigenvalue weighted by molar-refractivity contribution is 5.63. The van der Waals surface area contributed by atoms with Gasteiger partial charge in [0.15, 0.2) is 0 Å². The van der Waals surface area contributed by atoms with Crippen LogP contribution in [-0.4, -0.2) is 43.7 Å². The average Bonchev–Trinajstić information content (AvgIpc) is 3.31. The van der Waals surface area contributed by atoms with Crippen molar-refractivity contribution >= 4 is 0 Å². The first-order chi connectivity index (χ1) is 13.6. The molecule has 28 heavy (non-hydrogen) atoms. The second-order valence-corrected chi connectivity index (χ2v) is 6.11. The fourth-order valence-corrected chi connectivity index (χ4v) is 2.74. The van der Waals surface area contributed by atoms with Gasteiger partial charge in [0, 0.05) is 12.1 Å². The van der Waals surface area contributed by atoms with E-state index in [1.165, 1.54) is 12.4 Å². The third kappa shape index (κ3) is 3.53. The highest BCUT2D eigenvalue weighted by Crippen LogP contribution is 2.39. The van der Waals surface area contributed by atoms with Crippen molar-refractivity contribution in [2.24, 2.45) is 0 Å². The van der Waals surface area contributed by atoms with Gasteiger partial charge in [-0.25, -0.2) is 4.98 Å². The zero-order valence-electron chi connectivity index (χ0n) is 15.1. The molecule has 0 radical (unpaired) electrons. The summed E-state index contributed by atoms with van der Waals surface area (Å²) in [6, 6.07) is 3.73. The van der Waals surface area contributed by atoms with E-state index in [0.29, 0.717) is 21.8 Å². The molecule has 144 valence electrons. The molecule has 0 N–H and O–H groups in total. The molecule has 3 heterocycles. The molecule has 0 saturated carbocycles. The summed E-state index contributed by atoms with van der Waals surface area (Å²) in [6.07, 6.45) is 6.34. The van der Waals surface area contributed by atoms with Crippen molar-refractivity contribution in [1.29, 1.82) is 0 Å². The number of rotatable bonds is 7. The van der Waals surface area contributed by atoms with Crippen LogP contribution in [0.5, 0.6) is 11.6 Å². The minimum Gasteiger partial charge on any atom is -0.495 e. The lowest BCUT2D eigenvalue weighted by atomic mass is 10.2. The van der Waals surface area contributed by atoms with E-state index in [1.807, 2.05) is 18.2 Å². The zero-order valence-corrected chi connectivity index (χ0v) is 15.1. The number of pyridine rings is 1. The summed E-state index contributed by atoms with van der Waals surface area (Å²) in [5, 5.41) is 6.95. The Kier molecular flexibility index (Phi) is 4.68. The number of nitrogens with zero attached hydrogens (tertiary/aromatic N) is 6. The number of halogens is 2. The standard InChI is InChI=1S/C18H16F2N6O2/c1-10-21-7-14(16-8-23-25-26(16)18(19)20)17(24-10)28-9-11-5-13(11)15-4-3-12(27-2)6-22-15/h3-8,13,18H,9H2,1-2H3/t13-/m0/s1. The van der Waals surface area contributed by atoms with Crippen LogP contribution in [0.4, 0.5) is 8.78 Å². The van der Waals surface area contributed by atoms with Crippen molar-refractivity contribution in [3.05, 3.63) is 53.9 Å². The lowest BCUT2D eigenvalue weighted by molar-refractivity contribution is 0.0564. The highest BCUT2D eigenvalue weighted by atomic mass is 19.3. The maximum absolute atomic E-state index is 13.1. The second-order valence-electron chi connectivity index (χ2n) is 6.11. The quantitative estimate of drug-likeness (QED) is 0.577. The van der Waals surface area contributed by atoms with Gasteiger partial charge in [0.1, 0.15) is 23.9 Å². The van der Waals surface area contributed by atoms with Gasteiger partial charge >= 0.3 is 6.55 Å². The predicted molar refractivity (Wildman–Crippen MR) is 94.1 cm³/mol. The molecule has 0 saturated heterocycles. The molecule has 0 amide bonds. The molecule has 8 nitrogen and oxygen atoms in total. The van der Waals surface area contributed by atoms with Crippen molar-refractivity contribution < 1.29 is 18.3 Å². The SMILES string of the molecule is COc1ccc([C@H]2C=C2COc2nc(C)ncc2-c2cnnn2C(F)F)nc1. The Morgan fingerprint density at radius 2 is 2.04 bits per heavy atom. The molecule has 0 spiro atoms. The summed E-state index contributed by atoms with van der Waals surface area (Å²) in [5.74, 6) is 1.44. The van der Waals surface area contributed by atoms with E-state index in [2.05, 4.69) is 25.3 Å². The van der Waals surface area contributed by atoms with Gasteiger partial charge in [0.25, 0.3) is 0 Å². The molecular formula is C18H16F2N6O2. The minimum absolute atomic E-state index is 0.0862. The van der Waals surface area contributed by atoms with Crippen LogP contribution >= 0.6 is 0 Å². The van der Waals surface area contributed by atoms with E-state index < -0.39 is 6.55 Å². The maximum atomic E-state index is 13.1. The highest BCUT2D eigenvalue weighted by Gasteiger charge is 2.29. The normalized spacial score (nSPS) is 15.5. The van der Waals surface area contributed by atoms with Gasteiger partial charge < -0.3 is 9.47 Å². The van der Waals surface area contributed by atoms with Gasteiger partial charge in [-0.1, -0.05) is 11.3 Å². The number of hydrogen-bond acceptors (Lipinski definition) is 7. The summed E-state index contributed by atoms with van der Waals surface area (Å²) in [5.41, 5.74) is 2.30. The molecule has 3 aromatic heterocycles. The zero-order chi connectivity index (χ0) is 19.7. The average molecular weight is 386 g/mol. The first-order valence-corrected chi connectivity index (χ1v) is 8.42. The summed E-state index contributed by atoms with van der Waals surface area (Å²) in [4.78, 5) is 12.7. The molecule has 1 aliphatic carbocycles. The smallest absolute Gasteiger partial charge is 0.335 e. The van der Waals surface area contributed by atoms with E-state index in [9.17, 15) is 8.78 Å². The lowest BCUT2D eigenvalue weighted by Crippen LogP contribution is -2.07. The van der Waals surface area contributed by atoms with Crippen LogP contribution in [0, 0.1) is 6.92 Å². The number of methoxy groups -OCH3 is 1. The van der Waals surface area contributed by atoms with Crippen LogP contribution in [0.1, 0.15) is 24.0 Å². The molecule has 0 aliphatic heterocycles. The number of aromatic nitrogens is 6. The molecule has 4 rings (SSSR count). The largest absolute Gasteiger partial charge is 0.495 e. The Morgan fingerprint density at radius 1 is 1.18 bits per heavy atom. The third-order valence-electron chi connectivity index (χ3n) is 4.27. The molecule has 1 atom stereocenters. The van der Waals surface area contributed by atoms with E-state index in [1.54, 1.807) is 20.2 Å². The van der Waals surface area contributed by atoms with Crippen molar-refractivity contribution in [2.45, 2.75) is 19.4 Å². The van der Waals surface area contributed by atoms with Crippen molar-refractivity contribution in [2.75, 3.05) is 13.7 Å². The van der Waals surface area contributed by atoms with Gasteiger partial charge in [-0.05, 0) is 24.6 Å². The number of aryl methyl sites for hydroxylation is 1. The van der Waals surface area contributed by atoms with Crippen LogP contribution < -0.4 is 9.47 Å². The van der Waals surface area contributed by atoms with Gasteiger partial charge in [-0.15, -0.1) is 5.10 Å². The molecule has 0 aromatic carbocycles. The Morgan fingerprint density at radius 3 is 2.75 bits per heavy atom. The monoisotopic (exact) mass is 386 g/mol. The van der Waals surface area contributed by atoms with Crippen LogP contribution in [0.3, 0.4) is 0 Å². The fourth-order valence-electron chi connectivity index (χ4n) is 2.74. The van der Waals surface area contributed by atoms with Gasteiger partial charge in [0.05, 0.1) is 30.8 Å². The predicted octanol–water partition coefficient (Wildman–Crippen LogP) is 2.94. The molecular weight excluding hydrogens is 370 g/mol. The first kappa shape index (κ1) is 18.0. The molecule has 0 fully saturated rings. The minimum atomic E-state index is -2.83. The summed E-state index contributed by atoms with van der Waals surface area (Å²) >= 11 is 0. The Bertz CT molecular complexity index is 1020. The Labute approximate surface area is 158 Å². The van der Waals surface area contributed by atoms with E-state index in [4.69, 9.17) is 9.47 Å². The third-order valence-corrected chi connectivity index (χ3v) is 4.27. The Hall–Kier alpha value is -3.43. The summed E-state index contributed by atoms with van der Waals surface area (Å²) in [6.45, 7) is -0.874. The van der Waals surface area contributed by atoms with Crippen molar-refractivity contribution in [1.82, 2.24) is 29.9 Å². The molecule has 1 aliphatic rings. The molecule has 0 unspecified atom stereocenters. The number of allylic oxidation sites excluding steroid dienone is 1. The van der Waals surface area contributed by atoms with Crippen LogP contribution in [-0.2, 0) is 0 Å². The van der Waals surface area contributed by atoms with Gasteiger partial charge in [-0.3, -0.25) is 4.98 Å². The molecule has 3 aromatic rings. The van der Waals surface area contributed by atoms with E-state index in [-0.39, 0.29) is 24.1 Å². The maximum Gasteiger partial charge on any atom is 0.335 e. The number of ether oxygens (including phenoxy) is 2. The van der Waals surface area contributed by atoms with Crippen LogP contribution in [0.15, 0.2) is 42.4 Å². The number of alkyl halides is 2. The summed E-state index contributed by atoms with van der Waals surface area (Å²) in [7, 11) is 1.59. The van der Waals surface area contributed by atoms with E-state index >= 15 is 0 Å². The van der Waals surface area contributed by atoms with E-state index in [0.717, 1.165) is 11.3 Å². The van der Waals surface area contributed by atoms with Crippen molar-refractivity contribution in [3.63, 3.8) is 0 Å². The first-order valence-electron chi connectivity index (χ1n) is 8.42. The Balaban J connectivity index is 1.49. The fraction of sp³-hybridized carbons (Fsp3) is 0.278. The van der Waals surface area contributed by atoms with Crippen LogP contribution in [0.25, 0.3) is 11.3 Å². The topological polar surface area (TPSA) is 87.8 Å². The second kappa shape index (κ2) is 7.29. The van der Waals surface area contributed by atoms with Gasteiger partial charge in [0.2, 0.25) is 5.88 Å².